The van der Waals surface area contributed by atoms with E-state index in [1.54, 1.807) is 13.2 Å². The molecule has 4 N–H and O–H groups in total. The summed E-state index contributed by atoms with van der Waals surface area (Å²) < 4.78 is 10.8. The molecule has 0 aliphatic carbocycles. The third-order valence-electron chi connectivity index (χ3n) is 2.60. The second-order valence-electron chi connectivity index (χ2n) is 4.39. The van der Waals surface area contributed by atoms with Crippen LogP contribution in [0, 0.1) is 0 Å². The SMILES string of the molecule is COc1cccc(OC(C)CNC(=O)CNC(=O)CN)c1.Cl. The molecule has 22 heavy (non-hydrogen) atoms. The summed E-state index contributed by atoms with van der Waals surface area (Å²) in [6.45, 7) is 1.93. The van der Waals surface area contributed by atoms with Crippen LogP contribution in [0.3, 0.4) is 0 Å². The van der Waals surface area contributed by atoms with Crippen LogP contribution < -0.4 is 25.8 Å². The fourth-order valence-electron chi connectivity index (χ4n) is 1.52. The van der Waals surface area contributed by atoms with Gasteiger partial charge in [0, 0.05) is 6.07 Å². The maximum absolute atomic E-state index is 11.5. The van der Waals surface area contributed by atoms with Gasteiger partial charge in [0.25, 0.3) is 0 Å². The van der Waals surface area contributed by atoms with Gasteiger partial charge >= 0.3 is 0 Å². The summed E-state index contributed by atoms with van der Waals surface area (Å²) in [5.74, 6) is 0.699. The molecule has 124 valence electrons. The predicted molar refractivity (Wildman–Crippen MR) is 85.4 cm³/mol. The molecule has 0 heterocycles. The van der Waals surface area contributed by atoms with Gasteiger partial charge in [-0.2, -0.15) is 0 Å². The zero-order valence-electron chi connectivity index (χ0n) is 12.6. The van der Waals surface area contributed by atoms with Gasteiger partial charge in [-0.3, -0.25) is 9.59 Å². The number of hydrogen-bond acceptors (Lipinski definition) is 5. The Bertz CT molecular complexity index is 485. The highest BCUT2D eigenvalue weighted by Gasteiger charge is 2.08. The number of carbonyl (C=O) groups is 2. The molecule has 0 saturated carbocycles. The van der Waals surface area contributed by atoms with Crippen LogP contribution >= 0.6 is 12.4 Å². The molecule has 0 spiro atoms. The molecule has 1 aromatic rings. The van der Waals surface area contributed by atoms with E-state index in [4.69, 9.17) is 15.2 Å². The molecule has 7 nitrogen and oxygen atoms in total. The first-order valence-corrected chi connectivity index (χ1v) is 6.59. The predicted octanol–water partition coefficient (Wildman–Crippen LogP) is 0.0754. The number of carbonyl (C=O) groups excluding carboxylic acids is 2. The summed E-state index contributed by atoms with van der Waals surface area (Å²) in [5.41, 5.74) is 5.12. The Labute approximate surface area is 135 Å². The summed E-state index contributed by atoms with van der Waals surface area (Å²) in [7, 11) is 1.58. The number of methoxy groups -OCH3 is 1. The third-order valence-corrected chi connectivity index (χ3v) is 2.60. The van der Waals surface area contributed by atoms with E-state index in [-0.39, 0.29) is 43.4 Å². The smallest absolute Gasteiger partial charge is 0.239 e. The van der Waals surface area contributed by atoms with Crippen LogP contribution in [0.25, 0.3) is 0 Å². The van der Waals surface area contributed by atoms with Gasteiger partial charge in [-0.1, -0.05) is 6.07 Å². The monoisotopic (exact) mass is 331 g/mol. The highest BCUT2D eigenvalue weighted by atomic mass is 35.5. The van der Waals surface area contributed by atoms with E-state index in [0.29, 0.717) is 18.0 Å². The number of amides is 2. The Morgan fingerprint density at radius 3 is 2.55 bits per heavy atom. The van der Waals surface area contributed by atoms with E-state index < -0.39 is 0 Å². The van der Waals surface area contributed by atoms with Gasteiger partial charge in [0.2, 0.25) is 11.8 Å². The first-order valence-electron chi connectivity index (χ1n) is 6.59. The first kappa shape index (κ1) is 20.0. The number of rotatable bonds is 8. The highest BCUT2D eigenvalue weighted by Crippen LogP contribution is 2.19. The molecule has 0 aliphatic rings. The van der Waals surface area contributed by atoms with Crippen molar-refractivity contribution in [3.63, 3.8) is 0 Å². The number of benzene rings is 1. The van der Waals surface area contributed by atoms with E-state index in [0.717, 1.165) is 0 Å². The summed E-state index contributed by atoms with van der Waals surface area (Å²) in [6.07, 6.45) is -0.216. The van der Waals surface area contributed by atoms with E-state index in [2.05, 4.69) is 10.6 Å². The fraction of sp³-hybridized carbons (Fsp3) is 0.429. The van der Waals surface area contributed by atoms with Crippen molar-refractivity contribution in [2.45, 2.75) is 13.0 Å². The molecule has 1 atom stereocenters. The van der Waals surface area contributed by atoms with E-state index in [1.165, 1.54) is 0 Å². The molecular weight excluding hydrogens is 310 g/mol. The molecule has 0 radical (unpaired) electrons. The number of hydrogen-bond donors (Lipinski definition) is 3. The van der Waals surface area contributed by atoms with Crippen molar-refractivity contribution in [3.8, 4) is 11.5 Å². The second-order valence-corrected chi connectivity index (χ2v) is 4.39. The number of nitrogens with one attached hydrogen (secondary N) is 2. The Morgan fingerprint density at radius 1 is 1.23 bits per heavy atom. The lowest BCUT2D eigenvalue weighted by molar-refractivity contribution is -0.125. The van der Waals surface area contributed by atoms with Gasteiger partial charge in [0.05, 0.1) is 26.7 Å². The summed E-state index contributed by atoms with van der Waals surface area (Å²) >= 11 is 0. The molecule has 1 aromatic carbocycles. The lowest BCUT2D eigenvalue weighted by atomic mass is 10.3. The van der Waals surface area contributed by atoms with Crippen molar-refractivity contribution in [1.29, 1.82) is 0 Å². The Kier molecular flexibility index (Phi) is 9.73. The van der Waals surface area contributed by atoms with Crippen molar-refractivity contribution >= 4 is 24.2 Å². The zero-order valence-corrected chi connectivity index (χ0v) is 13.4. The molecule has 8 heteroatoms. The quantitative estimate of drug-likeness (QED) is 0.626. The average molecular weight is 332 g/mol. The third kappa shape index (κ3) is 7.70. The lowest BCUT2D eigenvalue weighted by Gasteiger charge is -2.16. The molecule has 1 unspecified atom stereocenters. The average Bonchev–Trinajstić information content (AvgIpc) is 2.50. The van der Waals surface area contributed by atoms with Crippen molar-refractivity contribution in [1.82, 2.24) is 10.6 Å². The van der Waals surface area contributed by atoms with Crippen LogP contribution in [-0.4, -0.2) is 44.7 Å². The molecular formula is C14H22ClN3O4. The Hall–Kier alpha value is -1.99. The van der Waals surface area contributed by atoms with Gasteiger partial charge in [0.15, 0.2) is 0 Å². The highest BCUT2D eigenvalue weighted by molar-refractivity contribution is 5.85. The summed E-state index contributed by atoms with van der Waals surface area (Å²) in [5, 5.41) is 5.05. The minimum absolute atomic E-state index is 0. The number of ether oxygens (including phenoxy) is 2. The maximum atomic E-state index is 11.5. The van der Waals surface area contributed by atoms with Gasteiger partial charge in [-0.25, -0.2) is 0 Å². The minimum atomic E-state index is -0.370. The molecule has 2 amide bonds. The zero-order chi connectivity index (χ0) is 15.7. The molecule has 0 aliphatic heterocycles. The van der Waals surface area contributed by atoms with Gasteiger partial charge < -0.3 is 25.8 Å². The van der Waals surface area contributed by atoms with Crippen molar-refractivity contribution in [2.75, 3.05) is 26.7 Å². The van der Waals surface area contributed by atoms with E-state index in [1.807, 2.05) is 25.1 Å². The largest absolute Gasteiger partial charge is 0.497 e. The topological polar surface area (TPSA) is 103 Å². The second kappa shape index (κ2) is 10.7. The van der Waals surface area contributed by atoms with Gasteiger partial charge in [0.1, 0.15) is 17.6 Å². The van der Waals surface area contributed by atoms with Crippen LogP contribution in [0.15, 0.2) is 24.3 Å². The Balaban J connectivity index is 0.00000441. The number of nitrogens with two attached hydrogens (primary N) is 1. The van der Waals surface area contributed by atoms with Gasteiger partial charge in [-0.15, -0.1) is 12.4 Å². The van der Waals surface area contributed by atoms with E-state index >= 15 is 0 Å². The maximum Gasteiger partial charge on any atom is 0.239 e. The lowest BCUT2D eigenvalue weighted by Crippen LogP contribution is -2.42. The van der Waals surface area contributed by atoms with Crippen molar-refractivity contribution < 1.29 is 19.1 Å². The molecule has 0 fully saturated rings. The summed E-state index contributed by atoms with van der Waals surface area (Å²) in [6, 6.07) is 7.21. The molecule has 0 aromatic heterocycles. The summed E-state index contributed by atoms with van der Waals surface area (Å²) in [4.78, 5) is 22.4. The number of halogens is 1. The standard InChI is InChI=1S/C14H21N3O4.ClH/c1-10(8-16-14(19)9-17-13(18)7-15)21-12-5-3-4-11(6-12)20-2;/h3-6,10H,7-9,15H2,1-2H3,(H,16,19)(H,17,18);1H. The van der Waals surface area contributed by atoms with Crippen LogP contribution in [0.5, 0.6) is 11.5 Å². The van der Waals surface area contributed by atoms with Crippen LogP contribution in [0.2, 0.25) is 0 Å². The van der Waals surface area contributed by atoms with Crippen molar-refractivity contribution in [2.24, 2.45) is 5.73 Å². The van der Waals surface area contributed by atoms with Crippen LogP contribution in [-0.2, 0) is 9.59 Å². The normalized spacial score (nSPS) is 10.9. The fourth-order valence-corrected chi connectivity index (χ4v) is 1.52. The Morgan fingerprint density at radius 2 is 1.91 bits per heavy atom. The van der Waals surface area contributed by atoms with Gasteiger partial charge in [-0.05, 0) is 19.1 Å². The van der Waals surface area contributed by atoms with Crippen molar-refractivity contribution in [3.05, 3.63) is 24.3 Å². The van der Waals surface area contributed by atoms with Crippen LogP contribution in [0.1, 0.15) is 6.92 Å². The molecule has 0 saturated heterocycles. The minimum Gasteiger partial charge on any atom is -0.497 e. The van der Waals surface area contributed by atoms with E-state index in [9.17, 15) is 9.59 Å². The molecule has 1 rings (SSSR count). The first-order chi connectivity index (χ1) is 10.0. The molecule has 0 bridgehead atoms. The van der Waals surface area contributed by atoms with Crippen LogP contribution in [0.4, 0.5) is 0 Å².